The Hall–Kier alpha value is -2.50. The highest BCUT2D eigenvalue weighted by Crippen LogP contribution is 2.27. The first-order valence-electron chi connectivity index (χ1n) is 10.3. The highest BCUT2D eigenvalue weighted by Gasteiger charge is 2.30. The van der Waals surface area contributed by atoms with E-state index in [1.807, 2.05) is 36.1 Å². The number of H-pyrrole nitrogens is 1. The molecule has 28 heavy (non-hydrogen) atoms. The summed E-state index contributed by atoms with van der Waals surface area (Å²) in [6, 6.07) is 7.64. The van der Waals surface area contributed by atoms with Crippen molar-refractivity contribution >= 4 is 22.7 Å². The summed E-state index contributed by atoms with van der Waals surface area (Å²) in [5.41, 5.74) is 1.50. The first-order chi connectivity index (χ1) is 13.5. The van der Waals surface area contributed by atoms with Gasteiger partial charge in [-0.05, 0) is 43.4 Å². The Morgan fingerprint density at radius 2 is 2.04 bits per heavy atom. The maximum absolute atomic E-state index is 12.9. The molecule has 1 aromatic heterocycles. The molecule has 0 unspecified atom stereocenters. The van der Waals surface area contributed by atoms with Crippen molar-refractivity contribution in [3.8, 4) is 5.75 Å². The van der Waals surface area contributed by atoms with Gasteiger partial charge in [0, 0.05) is 42.5 Å². The smallest absolute Gasteiger partial charge is 0.270 e. The third-order valence-corrected chi connectivity index (χ3v) is 5.84. The Morgan fingerprint density at radius 3 is 2.71 bits per heavy atom. The van der Waals surface area contributed by atoms with Crippen LogP contribution in [0.15, 0.2) is 24.3 Å². The maximum atomic E-state index is 12.9. The average molecular weight is 386 g/mol. The fraction of sp³-hybridized carbons (Fsp3) is 0.545. The van der Waals surface area contributed by atoms with E-state index in [1.165, 1.54) is 0 Å². The molecular formula is C22H31N3O3. The van der Waals surface area contributed by atoms with Gasteiger partial charge in [0.1, 0.15) is 11.4 Å². The zero-order valence-electron chi connectivity index (χ0n) is 17.1. The number of piperidine rings is 1. The van der Waals surface area contributed by atoms with Crippen molar-refractivity contribution in [1.82, 2.24) is 15.2 Å². The van der Waals surface area contributed by atoms with Crippen molar-refractivity contribution < 1.29 is 14.3 Å². The van der Waals surface area contributed by atoms with Crippen molar-refractivity contribution in [3.05, 3.63) is 30.0 Å². The summed E-state index contributed by atoms with van der Waals surface area (Å²) in [5.74, 6) is 1.25. The number of carbonyl (C=O) groups is 2. The lowest BCUT2D eigenvalue weighted by molar-refractivity contribution is -0.126. The minimum absolute atomic E-state index is 0.00495. The number of aromatic nitrogens is 1. The van der Waals surface area contributed by atoms with Crippen LogP contribution in [0.1, 0.15) is 50.0 Å². The summed E-state index contributed by atoms with van der Waals surface area (Å²) in [7, 11) is 1.63. The molecule has 6 heteroatoms. The zero-order valence-corrected chi connectivity index (χ0v) is 17.1. The van der Waals surface area contributed by atoms with E-state index in [2.05, 4.69) is 17.2 Å². The number of methoxy groups -OCH3 is 1. The van der Waals surface area contributed by atoms with Crippen molar-refractivity contribution in [1.29, 1.82) is 0 Å². The topological polar surface area (TPSA) is 74.4 Å². The molecule has 2 N–H and O–H groups in total. The lowest BCUT2D eigenvalue weighted by Gasteiger charge is -2.34. The Kier molecular flexibility index (Phi) is 6.60. The number of amides is 2. The SMILES string of the molecule is CCCCNC(=O)[C@H](C)C1CCN(C(=O)c2cc3ccc(OC)cc3[nH]2)CC1. The van der Waals surface area contributed by atoms with Crippen molar-refractivity contribution in [3.63, 3.8) is 0 Å². The Morgan fingerprint density at radius 1 is 1.29 bits per heavy atom. The molecule has 0 saturated carbocycles. The number of ether oxygens (including phenoxy) is 1. The highest BCUT2D eigenvalue weighted by atomic mass is 16.5. The van der Waals surface area contributed by atoms with Crippen LogP contribution < -0.4 is 10.1 Å². The second-order valence-electron chi connectivity index (χ2n) is 7.70. The van der Waals surface area contributed by atoms with E-state index in [0.717, 1.165) is 48.9 Å². The molecule has 0 radical (unpaired) electrons. The van der Waals surface area contributed by atoms with Crippen molar-refractivity contribution in [2.24, 2.45) is 11.8 Å². The Bertz CT molecular complexity index is 822. The minimum atomic E-state index is -0.00495. The monoisotopic (exact) mass is 385 g/mol. The number of nitrogens with one attached hydrogen (secondary N) is 2. The summed E-state index contributed by atoms with van der Waals surface area (Å²) in [6.07, 6.45) is 3.82. The van der Waals surface area contributed by atoms with Gasteiger partial charge in [-0.25, -0.2) is 0 Å². The molecule has 3 rings (SSSR count). The van der Waals surface area contributed by atoms with E-state index in [4.69, 9.17) is 4.74 Å². The number of benzene rings is 1. The van der Waals surface area contributed by atoms with Gasteiger partial charge < -0.3 is 19.9 Å². The molecular weight excluding hydrogens is 354 g/mol. The van der Waals surface area contributed by atoms with Crippen LogP contribution in [0.4, 0.5) is 0 Å². The first kappa shape index (κ1) is 20.2. The number of unbranched alkanes of at least 4 members (excludes halogenated alkanes) is 1. The number of nitrogens with zero attached hydrogens (tertiary/aromatic N) is 1. The summed E-state index contributed by atoms with van der Waals surface area (Å²) >= 11 is 0. The van der Waals surface area contributed by atoms with Gasteiger partial charge in [-0.15, -0.1) is 0 Å². The van der Waals surface area contributed by atoms with Gasteiger partial charge in [-0.2, -0.15) is 0 Å². The molecule has 6 nitrogen and oxygen atoms in total. The number of hydrogen-bond donors (Lipinski definition) is 2. The molecule has 2 amide bonds. The molecule has 1 aliphatic heterocycles. The summed E-state index contributed by atoms with van der Waals surface area (Å²) in [4.78, 5) is 30.3. The molecule has 0 spiro atoms. The van der Waals surface area contributed by atoms with Gasteiger partial charge in [0.05, 0.1) is 7.11 Å². The van der Waals surface area contributed by atoms with Gasteiger partial charge in [-0.3, -0.25) is 9.59 Å². The van der Waals surface area contributed by atoms with E-state index < -0.39 is 0 Å². The Balaban J connectivity index is 1.57. The van der Waals surface area contributed by atoms with Gasteiger partial charge in [0.2, 0.25) is 5.91 Å². The van der Waals surface area contributed by atoms with Crippen LogP contribution in [-0.2, 0) is 4.79 Å². The van der Waals surface area contributed by atoms with Crippen LogP contribution in [0, 0.1) is 11.8 Å². The predicted octanol–water partition coefficient (Wildman–Crippen LogP) is 3.58. The molecule has 0 aliphatic carbocycles. The molecule has 152 valence electrons. The summed E-state index contributed by atoms with van der Waals surface area (Å²) in [6.45, 7) is 6.26. The van der Waals surface area contributed by atoms with Crippen LogP contribution in [0.5, 0.6) is 5.75 Å². The van der Waals surface area contributed by atoms with Gasteiger partial charge >= 0.3 is 0 Å². The van der Waals surface area contributed by atoms with E-state index in [0.29, 0.717) is 24.7 Å². The molecule has 1 saturated heterocycles. The van der Waals surface area contributed by atoms with Crippen LogP contribution in [-0.4, -0.2) is 48.4 Å². The molecule has 1 aliphatic rings. The summed E-state index contributed by atoms with van der Waals surface area (Å²) < 4.78 is 5.24. The molecule has 1 fully saturated rings. The van der Waals surface area contributed by atoms with E-state index in [9.17, 15) is 9.59 Å². The quantitative estimate of drug-likeness (QED) is 0.716. The van der Waals surface area contributed by atoms with Crippen LogP contribution in [0.3, 0.4) is 0 Å². The third kappa shape index (κ3) is 4.49. The number of aromatic amines is 1. The zero-order chi connectivity index (χ0) is 20.1. The van der Waals surface area contributed by atoms with Gasteiger partial charge in [0.25, 0.3) is 5.91 Å². The van der Waals surface area contributed by atoms with E-state index >= 15 is 0 Å². The number of fused-ring (bicyclic) bond motifs is 1. The minimum Gasteiger partial charge on any atom is -0.497 e. The number of hydrogen-bond acceptors (Lipinski definition) is 3. The molecule has 1 aromatic carbocycles. The van der Waals surface area contributed by atoms with Crippen LogP contribution >= 0.6 is 0 Å². The lowest BCUT2D eigenvalue weighted by atomic mass is 9.84. The normalized spacial score (nSPS) is 16.2. The lowest BCUT2D eigenvalue weighted by Crippen LogP contribution is -2.42. The van der Waals surface area contributed by atoms with E-state index in [-0.39, 0.29) is 17.7 Å². The van der Waals surface area contributed by atoms with Crippen LogP contribution in [0.25, 0.3) is 10.9 Å². The second kappa shape index (κ2) is 9.13. The van der Waals surface area contributed by atoms with Crippen molar-refractivity contribution in [2.45, 2.75) is 39.5 Å². The highest BCUT2D eigenvalue weighted by molar-refractivity contribution is 5.98. The predicted molar refractivity (Wildman–Crippen MR) is 111 cm³/mol. The average Bonchev–Trinajstić information content (AvgIpc) is 3.16. The van der Waals surface area contributed by atoms with Gasteiger partial charge in [-0.1, -0.05) is 20.3 Å². The molecule has 0 bridgehead atoms. The summed E-state index contributed by atoms with van der Waals surface area (Å²) in [5, 5.41) is 4.03. The largest absolute Gasteiger partial charge is 0.497 e. The molecule has 1 atom stereocenters. The number of carbonyl (C=O) groups excluding carboxylic acids is 2. The Labute approximate surface area is 166 Å². The first-order valence-corrected chi connectivity index (χ1v) is 10.3. The third-order valence-electron chi connectivity index (χ3n) is 5.84. The standard InChI is InChI=1S/C22H31N3O3/c1-4-5-10-23-21(26)15(2)16-8-11-25(12-9-16)22(27)20-13-17-6-7-18(28-3)14-19(17)24-20/h6-7,13-16,24H,4-5,8-12H2,1-3H3,(H,23,26)/t15-/m1/s1. The fourth-order valence-corrected chi connectivity index (χ4v) is 3.88. The maximum Gasteiger partial charge on any atom is 0.270 e. The molecule has 2 aromatic rings. The van der Waals surface area contributed by atoms with Crippen molar-refractivity contribution in [2.75, 3.05) is 26.7 Å². The fourth-order valence-electron chi connectivity index (χ4n) is 3.88. The molecule has 2 heterocycles. The second-order valence-corrected chi connectivity index (χ2v) is 7.70. The van der Waals surface area contributed by atoms with Gasteiger partial charge in [0.15, 0.2) is 0 Å². The number of rotatable bonds is 7. The number of likely N-dealkylation sites (tertiary alicyclic amines) is 1. The van der Waals surface area contributed by atoms with E-state index in [1.54, 1.807) is 7.11 Å². The van der Waals surface area contributed by atoms with Crippen LogP contribution in [0.2, 0.25) is 0 Å².